The Kier molecular flexibility index (Phi) is 4.45. The maximum atomic E-state index is 8.85. The molecule has 1 heterocycles. The van der Waals surface area contributed by atoms with Gasteiger partial charge in [0.25, 0.3) is 0 Å². The summed E-state index contributed by atoms with van der Waals surface area (Å²) in [4.78, 5) is 0. The molecule has 0 nitrogen and oxygen atoms in total. The number of benzene rings is 8. The molecule has 1 aromatic heterocycles. The molecular formula is C42H26S. The van der Waals surface area contributed by atoms with Crippen LogP contribution in [-0.4, -0.2) is 0 Å². The summed E-state index contributed by atoms with van der Waals surface area (Å²) in [5.74, 6) is 0. The van der Waals surface area contributed by atoms with Crippen molar-refractivity contribution in [1.82, 2.24) is 0 Å². The molecule has 8 aromatic carbocycles. The monoisotopic (exact) mass is 567 g/mol. The van der Waals surface area contributed by atoms with Gasteiger partial charge in [-0.05, 0) is 90.0 Å². The minimum Gasteiger partial charge on any atom is -0.135 e. The summed E-state index contributed by atoms with van der Waals surface area (Å²) >= 11 is 1.83. The van der Waals surface area contributed by atoms with Gasteiger partial charge in [-0.1, -0.05) is 133 Å². The first-order chi connectivity index (χ1) is 23.4. The van der Waals surface area contributed by atoms with Crippen LogP contribution in [0.2, 0.25) is 0 Å². The molecule has 0 aliphatic carbocycles. The Bertz CT molecular complexity index is 2710. The molecule has 1 heteroatoms. The lowest BCUT2D eigenvalue weighted by Crippen LogP contribution is -1.91. The largest absolute Gasteiger partial charge is 0.135 e. The fourth-order valence-electron chi connectivity index (χ4n) is 6.68. The van der Waals surface area contributed by atoms with Crippen LogP contribution in [0.4, 0.5) is 0 Å². The molecule has 0 N–H and O–H groups in total. The zero-order valence-corrected chi connectivity index (χ0v) is 23.8. The highest BCUT2D eigenvalue weighted by Crippen LogP contribution is 2.46. The number of hydrogen-bond acceptors (Lipinski definition) is 1. The molecule has 200 valence electrons. The van der Waals surface area contributed by atoms with Gasteiger partial charge in [0, 0.05) is 20.2 Å². The first kappa shape index (κ1) is 19.8. The number of thiophene rings is 1. The van der Waals surface area contributed by atoms with Crippen molar-refractivity contribution in [2.24, 2.45) is 0 Å². The van der Waals surface area contributed by atoms with Gasteiger partial charge in [0.2, 0.25) is 0 Å². The van der Waals surface area contributed by atoms with Crippen LogP contribution in [0.3, 0.4) is 0 Å². The topological polar surface area (TPSA) is 0 Å². The third-order valence-corrected chi connectivity index (χ3v) is 9.62. The van der Waals surface area contributed by atoms with E-state index >= 15 is 0 Å². The van der Waals surface area contributed by atoms with Crippen molar-refractivity contribution in [1.29, 1.82) is 0 Å². The highest BCUT2D eigenvalue weighted by atomic mass is 32.1. The molecule has 0 bridgehead atoms. The summed E-state index contributed by atoms with van der Waals surface area (Å²) in [6, 6.07) is 42.9. The van der Waals surface area contributed by atoms with E-state index in [1.54, 1.807) is 0 Å². The van der Waals surface area contributed by atoms with E-state index in [-0.39, 0.29) is 29.7 Å². The molecular weight excluding hydrogens is 537 g/mol. The van der Waals surface area contributed by atoms with Crippen molar-refractivity contribution in [3.05, 3.63) is 158 Å². The third kappa shape index (κ3) is 3.82. The predicted octanol–water partition coefficient (Wildman–Crippen LogP) is 12.5. The van der Waals surface area contributed by atoms with Gasteiger partial charge in [0.15, 0.2) is 0 Å². The van der Waals surface area contributed by atoms with E-state index < -0.39 is 6.04 Å². The molecule has 0 saturated carbocycles. The first-order valence-corrected chi connectivity index (χ1v) is 15.2. The van der Waals surface area contributed by atoms with Crippen molar-refractivity contribution in [2.75, 3.05) is 0 Å². The minimum atomic E-state index is -0.391. The van der Waals surface area contributed by atoms with E-state index in [9.17, 15) is 0 Å². The molecule has 0 fully saturated rings. The molecule has 0 radical (unpaired) electrons. The molecule has 0 amide bonds. The molecule has 0 spiro atoms. The standard InChI is InChI=1S/C42H26S/c1-2-12-27(13-3-1)40-33-18-6-8-20-35(33)41(36-21-9-7-19-34(36)40)31-17-10-16-30(24-31)32-22-11-23-38-42(32)37-25-28-14-4-5-15-29(28)26-39(37)43-38/h1-26H/i1D,2D,3D,12D,13D. The predicted molar refractivity (Wildman–Crippen MR) is 188 cm³/mol. The van der Waals surface area contributed by atoms with E-state index in [4.69, 9.17) is 6.85 Å². The lowest BCUT2D eigenvalue weighted by atomic mass is 9.85. The van der Waals surface area contributed by atoms with Crippen molar-refractivity contribution < 1.29 is 6.85 Å². The molecule has 0 aliphatic rings. The zero-order valence-electron chi connectivity index (χ0n) is 28.0. The molecule has 9 rings (SSSR count). The lowest BCUT2D eigenvalue weighted by Gasteiger charge is -2.18. The average molecular weight is 568 g/mol. The normalized spacial score (nSPS) is 13.3. The van der Waals surface area contributed by atoms with E-state index in [2.05, 4.69) is 91.0 Å². The van der Waals surface area contributed by atoms with Gasteiger partial charge >= 0.3 is 0 Å². The van der Waals surface area contributed by atoms with Gasteiger partial charge in [-0.25, -0.2) is 0 Å². The molecule has 0 atom stereocenters. The Labute approximate surface area is 261 Å². The second-order valence-corrected chi connectivity index (χ2v) is 12.0. The molecule has 0 saturated heterocycles. The smallest absolute Gasteiger partial charge is 0.0629 e. The summed E-state index contributed by atoms with van der Waals surface area (Å²) in [6.07, 6.45) is 0. The molecule has 43 heavy (non-hydrogen) atoms. The number of rotatable bonds is 3. The highest BCUT2D eigenvalue weighted by molar-refractivity contribution is 7.26. The van der Waals surface area contributed by atoms with Gasteiger partial charge in [0.05, 0.1) is 6.85 Å². The quantitative estimate of drug-likeness (QED) is 0.186. The van der Waals surface area contributed by atoms with Crippen LogP contribution >= 0.6 is 11.3 Å². The Morgan fingerprint density at radius 1 is 0.419 bits per heavy atom. The number of fused-ring (bicyclic) bond motifs is 6. The van der Waals surface area contributed by atoms with E-state index in [0.717, 1.165) is 38.2 Å². The fraction of sp³-hybridized carbons (Fsp3) is 0. The van der Waals surface area contributed by atoms with Crippen LogP contribution in [-0.2, 0) is 0 Å². The van der Waals surface area contributed by atoms with Gasteiger partial charge in [-0.3, -0.25) is 0 Å². The third-order valence-electron chi connectivity index (χ3n) is 8.51. The van der Waals surface area contributed by atoms with Crippen LogP contribution in [0.5, 0.6) is 0 Å². The van der Waals surface area contributed by atoms with Crippen LogP contribution in [0.25, 0.3) is 85.9 Å². The van der Waals surface area contributed by atoms with Crippen molar-refractivity contribution in [3.8, 4) is 33.4 Å². The minimum absolute atomic E-state index is 0.199. The second kappa shape index (κ2) is 9.66. The summed E-state index contributed by atoms with van der Waals surface area (Å²) in [6.45, 7) is 0. The maximum absolute atomic E-state index is 8.85. The Morgan fingerprint density at radius 3 is 1.70 bits per heavy atom. The molecule has 0 unspecified atom stereocenters. The molecule has 0 aliphatic heterocycles. The lowest BCUT2D eigenvalue weighted by molar-refractivity contribution is 1.64. The van der Waals surface area contributed by atoms with Crippen molar-refractivity contribution in [2.45, 2.75) is 0 Å². The summed E-state index contributed by atoms with van der Waals surface area (Å²) < 4.78 is 45.2. The van der Waals surface area contributed by atoms with Crippen LogP contribution in [0, 0.1) is 0 Å². The summed E-state index contributed by atoms with van der Waals surface area (Å²) in [5, 5.41) is 8.58. The van der Waals surface area contributed by atoms with Crippen molar-refractivity contribution in [3.63, 3.8) is 0 Å². The molecule has 9 aromatic rings. The van der Waals surface area contributed by atoms with E-state index in [1.807, 2.05) is 47.7 Å². The van der Waals surface area contributed by atoms with Crippen LogP contribution < -0.4 is 0 Å². The summed E-state index contributed by atoms with van der Waals surface area (Å²) in [5.41, 5.74) is 5.27. The van der Waals surface area contributed by atoms with Crippen molar-refractivity contribution >= 4 is 63.8 Å². The second-order valence-electron chi connectivity index (χ2n) is 10.9. The highest BCUT2D eigenvalue weighted by Gasteiger charge is 2.18. The van der Waals surface area contributed by atoms with E-state index in [0.29, 0.717) is 5.56 Å². The van der Waals surface area contributed by atoms with Crippen LogP contribution in [0.1, 0.15) is 6.85 Å². The maximum Gasteiger partial charge on any atom is 0.0629 e. The first-order valence-electron chi connectivity index (χ1n) is 16.9. The van der Waals surface area contributed by atoms with Crippen LogP contribution in [0.15, 0.2) is 158 Å². The van der Waals surface area contributed by atoms with Gasteiger partial charge in [-0.2, -0.15) is 0 Å². The summed E-state index contributed by atoms with van der Waals surface area (Å²) in [7, 11) is 0. The zero-order chi connectivity index (χ0) is 32.7. The van der Waals surface area contributed by atoms with Gasteiger partial charge in [-0.15, -0.1) is 11.3 Å². The van der Waals surface area contributed by atoms with Gasteiger partial charge in [0.1, 0.15) is 0 Å². The van der Waals surface area contributed by atoms with E-state index in [1.165, 1.54) is 36.5 Å². The Hall–Kier alpha value is -5.24. The number of hydrogen-bond donors (Lipinski definition) is 0. The fourth-order valence-corrected chi connectivity index (χ4v) is 7.84. The SMILES string of the molecule is [2H]c1c([2H])c([2H])c(-c2c3ccccc3c(-c3cccc(-c4cccc5sc6cc7ccccc7cc6c45)c3)c3ccccc23)c([2H])c1[2H]. The van der Waals surface area contributed by atoms with Gasteiger partial charge < -0.3 is 0 Å². The Morgan fingerprint density at radius 2 is 1.00 bits per heavy atom. The average Bonchev–Trinajstić information content (AvgIpc) is 3.49. The Balaban J connectivity index is 1.33.